The first-order valence-corrected chi connectivity index (χ1v) is 11.8. The van der Waals surface area contributed by atoms with Crippen LogP contribution in [-0.2, 0) is 9.53 Å². The minimum absolute atomic E-state index is 0.118. The molecule has 11 nitrogen and oxygen atoms in total. The Bertz CT molecular complexity index is 828. The largest absolute Gasteiger partial charge is 0.394 e. The minimum Gasteiger partial charge on any atom is -0.394 e. The number of amides is 3. The standard InChI is InChI=1S/C23H36ClN3O8/c1-13-19(22(33)25-8-16(30)10-28)14(2)21(27-18(32)12-35-7-5-4-6-24)15(3)20(13)23(34)26-9-17(31)11-29/h16-17,28-31H,4-12H2,1-3H3,(H,25,33)(H,26,34)(H,27,32). The molecule has 0 aliphatic rings. The number of hydrogen-bond donors (Lipinski definition) is 7. The predicted molar refractivity (Wildman–Crippen MR) is 131 cm³/mol. The molecule has 0 spiro atoms. The zero-order chi connectivity index (χ0) is 26.5. The number of rotatable bonds is 15. The second kappa shape index (κ2) is 15.7. The molecule has 1 aromatic rings. The number of benzene rings is 1. The van der Waals surface area contributed by atoms with Crippen LogP contribution in [-0.4, -0.2) is 95.8 Å². The van der Waals surface area contributed by atoms with Crippen LogP contribution in [0.2, 0.25) is 0 Å². The van der Waals surface area contributed by atoms with Gasteiger partial charge in [-0.05, 0) is 50.3 Å². The molecule has 0 radical (unpaired) electrons. The van der Waals surface area contributed by atoms with E-state index in [4.69, 9.17) is 26.6 Å². The minimum atomic E-state index is -1.16. The van der Waals surface area contributed by atoms with E-state index in [2.05, 4.69) is 16.0 Å². The molecule has 0 aliphatic heterocycles. The summed E-state index contributed by atoms with van der Waals surface area (Å²) in [5, 5.41) is 44.9. The average Bonchev–Trinajstić information content (AvgIpc) is 2.83. The van der Waals surface area contributed by atoms with Crippen LogP contribution < -0.4 is 16.0 Å². The van der Waals surface area contributed by atoms with Crippen LogP contribution >= 0.6 is 11.6 Å². The van der Waals surface area contributed by atoms with Crippen molar-refractivity contribution in [3.63, 3.8) is 0 Å². The number of aliphatic hydroxyl groups is 4. The molecule has 0 aliphatic carbocycles. The van der Waals surface area contributed by atoms with Gasteiger partial charge < -0.3 is 41.1 Å². The van der Waals surface area contributed by atoms with Crippen molar-refractivity contribution in [2.24, 2.45) is 0 Å². The molecule has 2 unspecified atom stereocenters. The van der Waals surface area contributed by atoms with Crippen LogP contribution in [0.5, 0.6) is 0 Å². The summed E-state index contributed by atoms with van der Waals surface area (Å²) >= 11 is 5.62. The number of unbranched alkanes of at least 4 members (excludes halogenated alkanes) is 1. The zero-order valence-corrected chi connectivity index (χ0v) is 21.1. The van der Waals surface area contributed by atoms with E-state index in [1.165, 1.54) is 0 Å². The van der Waals surface area contributed by atoms with Gasteiger partial charge in [0.25, 0.3) is 11.8 Å². The third-order valence-electron chi connectivity index (χ3n) is 5.29. The summed E-state index contributed by atoms with van der Waals surface area (Å²) in [6.45, 7) is 3.40. The zero-order valence-electron chi connectivity index (χ0n) is 20.3. The van der Waals surface area contributed by atoms with E-state index in [0.29, 0.717) is 35.6 Å². The van der Waals surface area contributed by atoms with Gasteiger partial charge in [0.15, 0.2) is 0 Å². The van der Waals surface area contributed by atoms with Crippen molar-refractivity contribution in [3.8, 4) is 0 Å². The smallest absolute Gasteiger partial charge is 0.252 e. The van der Waals surface area contributed by atoms with Gasteiger partial charge in [-0.15, -0.1) is 11.6 Å². The van der Waals surface area contributed by atoms with Gasteiger partial charge in [0.05, 0.1) is 25.4 Å². The summed E-state index contributed by atoms with van der Waals surface area (Å²) in [7, 11) is 0. The van der Waals surface area contributed by atoms with E-state index in [0.717, 1.165) is 6.42 Å². The van der Waals surface area contributed by atoms with Crippen LogP contribution in [0.4, 0.5) is 5.69 Å². The lowest BCUT2D eigenvalue weighted by Gasteiger charge is -2.22. The number of carbonyl (C=O) groups is 3. The van der Waals surface area contributed by atoms with E-state index in [1.54, 1.807) is 20.8 Å². The summed E-state index contributed by atoms with van der Waals surface area (Å²) in [6, 6.07) is 0. The fourth-order valence-corrected chi connectivity index (χ4v) is 3.64. The van der Waals surface area contributed by atoms with Crippen molar-refractivity contribution in [2.75, 3.05) is 50.7 Å². The lowest BCUT2D eigenvalue weighted by Crippen LogP contribution is -2.37. The Morgan fingerprint density at radius 3 is 1.77 bits per heavy atom. The van der Waals surface area contributed by atoms with Gasteiger partial charge in [-0.25, -0.2) is 0 Å². The van der Waals surface area contributed by atoms with Crippen molar-refractivity contribution in [2.45, 2.75) is 45.8 Å². The molecule has 198 valence electrons. The fourth-order valence-electron chi connectivity index (χ4n) is 3.45. The summed E-state index contributed by atoms with van der Waals surface area (Å²) in [5.74, 6) is -1.19. The first-order valence-electron chi connectivity index (χ1n) is 11.3. The second-order valence-corrected chi connectivity index (χ2v) is 8.47. The molecule has 0 heterocycles. The number of alkyl halides is 1. The summed E-state index contributed by atoms with van der Waals surface area (Å²) in [6.07, 6.45) is -0.870. The van der Waals surface area contributed by atoms with E-state index in [1.807, 2.05) is 0 Å². The van der Waals surface area contributed by atoms with Gasteiger partial charge in [-0.1, -0.05) is 0 Å². The number of nitrogens with one attached hydrogen (secondary N) is 3. The Kier molecular flexibility index (Phi) is 13.8. The predicted octanol–water partition coefficient (Wildman–Crippen LogP) is -0.248. The average molecular weight is 518 g/mol. The SMILES string of the molecule is Cc1c(NC(=O)COCCCCCl)c(C)c(C(=O)NCC(O)CO)c(C)c1C(=O)NCC(O)CO. The number of aliphatic hydroxyl groups excluding tert-OH is 4. The van der Waals surface area contributed by atoms with Crippen molar-refractivity contribution >= 4 is 35.0 Å². The van der Waals surface area contributed by atoms with Gasteiger partial charge in [0.2, 0.25) is 5.91 Å². The Balaban J connectivity index is 3.32. The Hall–Kier alpha value is -2.28. The third kappa shape index (κ3) is 9.36. The molecule has 0 fully saturated rings. The van der Waals surface area contributed by atoms with E-state index < -0.39 is 43.1 Å². The topological polar surface area (TPSA) is 177 Å². The lowest BCUT2D eigenvalue weighted by atomic mass is 9.90. The highest BCUT2D eigenvalue weighted by Gasteiger charge is 2.26. The number of carbonyl (C=O) groups excluding carboxylic acids is 3. The number of hydrogen-bond acceptors (Lipinski definition) is 8. The first kappa shape index (κ1) is 30.8. The molecule has 12 heteroatoms. The van der Waals surface area contributed by atoms with Gasteiger partial charge in [-0.3, -0.25) is 14.4 Å². The van der Waals surface area contributed by atoms with Gasteiger partial charge in [0, 0.05) is 42.4 Å². The maximum atomic E-state index is 13.0. The van der Waals surface area contributed by atoms with Gasteiger partial charge in [-0.2, -0.15) is 0 Å². The van der Waals surface area contributed by atoms with Gasteiger partial charge in [0.1, 0.15) is 6.61 Å². The number of halogens is 1. The van der Waals surface area contributed by atoms with E-state index in [-0.39, 0.29) is 36.5 Å². The third-order valence-corrected chi connectivity index (χ3v) is 5.56. The maximum absolute atomic E-state index is 13.0. The Morgan fingerprint density at radius 2 is 1.34 bits per heavy atom. The molecular weight excluding hydrogens is 482 g/mol. The Labute approximate surface area is 209 Å². The van der Waals surface area contributed by atoms with Crippen LogP contribution in [0.1, 0.15) is 50.2 Å². The van der Waals surface area contributed by atoms with Crippen molar-refractivity contribution in [1.29, 1.82) is 0 Å². The summed E-state index contributed by atoms with van der Waals surface area (Å²) in [4.78, 5) is 38.4. The lowest BCUT2D eigenvalue weighted by molar-refractivity contribution is -0.120. The molecule has 35 heavy (non-hydrogen) atoms. The monoisotopic (exact) mass is 517 g/mol. The fraction of sp³-hybridized carbons (Fsp3) is 0.609. The molecule has 0 bridgehead atoms. The molecule has 7 N–H and O–H groups in total. The quantitative estimate of drug-likeness (QED) is 0.123. The highest BCUT2D eigenvalue weighted by molar-refractivity contribution is 6.17. The van der Waals surface area contributed by atoms with Crippen molar-refractivity contribution in [1.82, 2.24) is 10.6 Å². The van der Waals surface area contributed by atoms with Crippen LogP contribution in [0.25, 0.3) is 0 Å². The summed E-state index contributed by atoms with van der Waals surface area (Å²) in [5.41, 5.74) is 1.61. The molecule has 1 rings (SSSR count). The molecule has 0 saturated heterocycles. The molecule has 0 saturated carbocycles. The van der Waals surface area contributed by atoms with E-state index in [9.17, 15) is 24.6 Å². The highest BCUT2D eigenvalue weighted by atomic mass is 35.5. The summed E-state index contributed by atoms with van der Waals surface area (Å²) < 4.78 is 5.35. The normalized spacial score (nSPS) is 12.7. The second-order valence-electron chi connectivity index (χ2n) is 8.09. The molecule has 2 atom stereocenters. The number of ether oxygens (including phenoxy) is 1. The Morgan fingerprint density at radius 1 is 0.857 bits per heavy atom. The molecule has 3 amide bonds. The van der Waals surface area contributed by atoms with Crippen LogP contribution in [0.3, 0.4) is 0 Å². The van der Waals surface area contributed by atoms with Crippen molar-refractivity contribution in [3.05, 3.63) is 27.8 Å². The number of anilines is 1. The van der Waals surface area contributed by atoms with Crippen LogP contribution in [0.15, 0.2) is 0 Å². The molecule has 1 aromatic carbocycles. The van der Waals surface area contributed by atoms with Crippen LogP contribution in [0, 0.1) is 20.8 Å². The van der Waals surface area contributed by atoms with E-state index >= 15 is 0 Å². The molecular formula is C23H36ClN3O8. The molecule has 0 aromatic heterocycles. The highest BCUT2D eigenvalue weighted by Crippen LogP contribution is 2.31. The maximum Gasteiger partial charge on any atom is 0.252 e. The van der Waals surface area contributed by atoms with Crippen molar-refractivity contribution < 1.29 is 39.5 Å². The van der Waals surface area contributed by atoms with Gasteiger partial charge >= 0.3 is 0 Å². The first-order chi connectivity index (χ1) is 16.6.